The number of halogens is 1. The Balaban J connectivity index is 1.37. The maximum absolute atomic E-state index is 12.3. The summed E-state index contributed by atoms with van der Waals surface area (Å²) in [5.41, 5.74) is 0. The van der Waals surface area contributed by atoms with Gasteiger partial charge in [-0.05, 0) is 25.0 Å². The van der Waals surface area contributed by atoms with Gasteiger partial charge in [-0.15, -0.1) is 11.3 Å². The molecule has 2 amide bonds. The van der Waals surface area contributed by atoms with E-state index in [1.807, 2.05) is 11.0 Å². The topological polar surface area (TPSA) is 52.7 Å². The number of carbonyl (C=O) groups excluding carboxylic acids is 2. The van der Waals surface area contributed by atoms with Crippen LogP contribution in [0.5, 0.6) is 0 Å². The number of carbonyl (C=O) groups is 2. The van der Waals surface area contributed by atoms with Crippen molar-refractivity contribution in [2.45, 2.75) is 38.6 Å². The van der Waals surface area contributed by atoms with E-state index in [0.717, 1.165) is 62.7 Å². The van der Waals surface area contributed by atoms with E-state index in [9.17, 15) is 9.59 Å². The molecule has 0 spiro atoms. The maximum Gasteiger partial charge on any atom is 0.242 e. The average molecular weight is 384 g/mol. The lowest BCUT2D eigenvalue weighted by Crippen LogP contribution is -2.51. The Bertz CT molecular complexity index is 593. The predicted octanol–water partition coefficient (Wildman–Crippen LogP) is 2.74. The molecule has 5 nitrogen and oxygen atoms in total. The van der Waals surface area contributed by atoms with E-state index in [2.05, 4.69) is 16.3 Å². The number of nitrogens with one attached hydrogen (secondary N) is 1. The highest BCUT2D eigenvalue weighted by atomic mass is 35.5. The third-order valence-corrected chi connectivity index (χ3v) is 6.34. The highest BCUT2D eigenvalue weighted by Crippen LogP contribution is 2.24. The number of thiophene rings is 1. The Labute approximate surface area is 158 Å². The number of piperazine rings is 1. The van der Waals surface area contributed by atoms with Crippen molar-refractivity contribution in [1.29, 1.82) is 0 Å². The zero-order chi connectivity index (χ0) is 17.6. The molecule has 138 valence electrons. The Kier molecular flexibility index (Phi) is 6.73. The van der Waals surface area contributed by atoms with Crippen molar-refractivity contribution in [3.63, 3.8) is 0 Å². The van der Waals surface area contributed by atoms with Gasteiger partial charge in [0.2, 0.25) is 11.8 Å². The van der Waals surface area contributed by atoms with Crippen LogP contribution in [0.25, 0.3) is 0 Å². The van der Waals surface area contributed by atoms with E-state index in [4.69, 9.17) is 11.6 Å². The van der Waals surface area contributed by atoms with E-state index in [1.165, 1.54) is 11.3 Å². The Hall–Kier alpha value is -1.11. The molecule has 1 saturated heterocycles. The molecule has 1 N–H and O–H groups in total. The summed E-state index contributed by atoms with van der Waals surface area (Å²) in [6.45, 7) is 4.18. The van der Waals surface area contributed by atoms with Crippen molar-refractivity contribution < 1.29 is 9.59 Å². The molecule has 3 rings (SSSR count). The van der Waals surface area contributed by atoms with Gasteiger partial charge in [0.05, 0.1) is 10.9 Å². The lowest BCUT2D eigenvalue weighted by atomic mass is 9.89. The summed E-state index contributed by atoms with van der Waals surface area (Å²) in [5, 5.41) is 2.85. The van der Waals surface area contributed by atoms with Gasteiger partial charge in [0, 0.05) is 43.5 Å². The van der Waals surface area contributed by atoms with E-state index >= 15 is 0 Å². The lowest BCUT2D eigenvalue weighted by molar-refractivity contribution is -0.135. The van der Waals surface area contributed by atoms with Gasteiger partial charge in [-0.25, -0.2) is 0 Å². The van der Waals surface area contributed by atoms with Crippen molar-refractivity contribution >= 4 is 34.8 Å². The van der Waals surface area contributed by atoms with Gasteiger partial charge in [-0.1, -0.05) is 30.9 Å². The SMILES string of the molecule is O=C(NCC(=O)N1CCN(Cc2ccc(Cl)s2)CC1)C1CCCCC1. The van der Waals surface area contributed by atoms with Crippen molar-refractivity contribution in [3.8, 4) is 0 Å². The fourth-order valence-electron chi connectivity index (χ4n) is 3.60. The van der Waals surface area contributed by atoms with Gasteiger partial charge in [-0.3, -0.25) is 14.5 Å². The summed E-state index contributed by atoms with van der Waals surface area (Å²) < 4.78 is 0.817. The molecule has 2 heterocycles. The standard InChI is InChI=1S/C18H26ClN3O2S/c19-16-7-6-15(25-16)13-21-8-10-22(11-9-21)17(23)12-20-18(24)14-4-2-1-3-5-14/h6-7,14H,1-5,8-13H2,(H,20,24). The minimum Gasteiger partial charge on any atom is -0.347 e. The molecule has 2 aliphatic rings. The monoisotopic (exact) mass is 383 g/mol. The fraction of sp³-hybridized carbons (Fsp3) is 0.667. The van der Waals surface area contributed by atoms with E-state index in [-0.39, 0.29) is 24.3 Å². The zero-order valence-electron chi connectivity index (χ0n) is 14.5. The Morgan fingerprint density at radius 1 is 1.12 bits per heavy atom. The summed E-state index contributed by atoms with van der Waals surface area (Å²) in [5.74, 6) is 0.195. The van der Waals surface area contributed by atoms with E-state index in [1.54, 1.807) is 11.3 Å². The molecule has 1 aliphatic heterocycles. The number of rotatable bonds is 5. The van der Waals surface area contributed by atoms with E-state index in [0.29, 0.717) is 0 Å². The van der Waals surface area contributed by atoms with Crippen LogP contribution >= 0.6 is 22.9 Å². The van der Waals surface area contributed by atoms with Crippen molar-refractivity contribution in [1.82, 2.24) is 15.1 Å². The normalized spacial score (nSPS) is 19.8. The second kappa shape index (κ2) is 9.01. The number of amides is 2. The first-order chi connectivity index (χ1) is 12.1. The zero-order valence-corrected chi connectivity index (χ0v) is 16.1. The second-order valence-corrected chi connectivity index (χ2v) is 8.72. The third kappa shape index (κ3) is 5.43. The van der Waals surface area contributed by atoms with Crippen LogP contribution in [0.2, 0.25) is 4.34 Å². The minimum absolute atomic E-state index is 0.0305. The molecule has 7 heteroatoms. The molecule has 0 bridgehead atoms. The minimum atomic E-state index is 0.0305. The molecule has 0 atom stereocenters. The molecule has 0 aromatic carbocycles. The highest BCUT2D eigenvalue weighted by Gasteiger charge is 2.24. The predicted molar refractivity (Wildman–Crippen MR) is 101 cm³/mol. The summed E-state index contributed by atoms with van der Waals surface area (Å²) >= 11 is 7.58. The highest BCUT2D eigenvalue weighted by molar-refractivity contribution is 7.16. The van der Waals surface area contributed by atoms with Gasteiger partial charge in [-0.2, -0.15) is 0 Å². The molecular formula is C18H26ClN3O2S. The Morgan fingerprint density at radius 2 is 1.84 bits per heavy atom. The van der Waals surface area contributed by atoms with Gasteiger partial charge in [0.1, 0.15) is 0 Å². The summed E-state index contributed by atoms with van der Waals surface area (Å²) in [6.07, 6.45) is 5.41. The molecule has 1 saturated carbocycles. The van der Waals surface area contributed by atoms with Gasteiger partial charge < -0.3 is 10.2 Å². The van der Waals surface area contributed by atoms with Crippen LogP contribution in [0, 0.1) is 5.92 Å². The van der Waals surface area contributed by atoms with Crippen LogP contribution < -0.4 is 5.32 Å². The molecule has 0 unspecified atom stereocenters. The fourth-order valence-corrected chi connectivity index (χ4v) is 4.73. The first-order valence-electron chi connectivity index (χ1n) is 9.14. The summed E-state index contributed by atoms with van der Waals surface area (Å²) in [6, 6.07) is 3.99. The van der Waals surface area contributed by atoms with Crippen molar-refractivity contribution in [2.75, 3.05) is 32.7 Å². The van der Waals surface area contributed by atoms with Crippen LogP contribution in [0.15, 0.2) is 12.1 Å². The van der Waals surface area contributed by atoms with E-state index < -0.39 is 0 Å². The van der Waals surface area contributed by atoms with Crippen LogP contribution in [-0.2, 0) is 16.1 Å². The van der Waals surface area contributed by atoms with Crippen LogP contribution in [-0.4, -0.2) is 54.3 Å². The first-order valence-corrected chi connectivity index (χ1v) is 10.3. The van der Waals surface area contributed by atoms with Crippen LogP contribution in [0.3, 0.4) is 0 Å². The Morgan fingerprint density at radius 3 is 2.48 bits per heavy atom. The van der Waals surface area contributed by atoms with Gasteiger partial charge in [0.25, 0.3) is 0 Å². The largest absolute Gasteiger partial charge is 0.347 e. The van der Waals surface area contributed by atoms with Crippen molar-refractivity contribution in [3.05, 3.63) is 21.3 Å². The molecule has 1 aliphatic carbocycles. The number of hydrogen-bond donors (Lipinski definition) is 1. The van der Waals surface area contributed by atoms with Gasteiger partial charge in [0.15, 0.2) is 0 Å². The third-order valence-electron chi connectivity index (χ3n) is 5.12. The smallest absolute Gasteiger partial charge is 0.242 e. The summed E-state index contributed by atoms with van der Waals surface area (Å²) in [4.78, 5) is 29.9. The van der Waals surface area contributed by atoms with Gasteiger partial charge >= 0.3 is 0 Å². The van der Waals surface area contributed by atoms with Crippen LogP contribution in [0.4, 0.5) is 0 Å². The molecule has 0 radical (unpaired) electrons. The molecule has 1 aromatic rings. The molecule has 2 fully saturated rings. The quantitative estimate of drug-likeness (QED) is 0.850. The van der Waals surface area contributed by atoms with Crippen LogP contribution in [0.1, 0.15) is 37.0 Å². The average Bonchev–Trinajstić information content (AvgIpc) is 3.05. The molecule has 1 aromatic heterocycles. The molecule has 25 heavy (non-hydrogen) atoms. The first kappa shape index (κ1) is 18.7. The lowest BCUT2D eigenvalue weighted by Gasteiger charge is -2.34. The number of hydrogen-bond acceptors (Lipinski definition) is 4. The molecular weight excluding hydrogens is 358 g/mol. The maximum atomic E-state index is 12.3. The second-order valence-electron chi connectivity index (χ2n) is 6.92. The number of nitrogens with zero attached hydrogens (tertiary/aromatic N) is 2. The summed E-state index contributed by atoms with van der Waals surface area (Å²) in [7, 11) is 0. The van der Waals surface area contributed by atoms with Crippen molar-refractivity contribution in [2.24, 2.45) is 5.92 Å².